The molecule has 0 saturated carbocycles. The van der Waals surface area contributed by atoms with Gasteiger partial charge in [-0.15, -0.1) is 0 Å². The van der Waals surface area contributed by atoms with Crippen LogP contribution in [-0.2, 0) is 68.1 Å². The molecule has 0 saturated heterocycles. The van der Waals surface area contributed by atoms with Crippen LogP contribution in [0.15, 0.2) is 48.5 Å². The van der Waals surface area contributed by atoms with Crippen LogP contribution >= 0.6 is 15.2 Å². The zero-order valence-corrected chi connectivity index (χ0v) is 55.6. The first kappa shape index (κ1) is 70.6. The van der Waals surface area contributed by atoms with Crippen molar-refractivity contribution in [3.05, 3.63) is 59.7 Å². The molecule has 0 N–H and O–H groups in total. The van der Waals surface area contributed by atoms with Crippen molar-refractivity contribution >= 4 is 31.8 Å². The van der Waals surface area contributed by atoms with E-state index in [1.54, 1.807) is 14.2 Å². The van der Waals surface area contributed by atoms with Gasteiger partial charge in [-0.3, -0.25) is 18.9 Å². The average Bonchev–Trinajstić information content (AvgIpc) is 3.21. The van der Waals surface area contributed by atoms with Crippen molar-refractivity contribution in [3.8, 4) is 11.5 Å². The van der Waals surface area contributed by atoms with Gasteiger partial charge in [0.05, 0.1) is 74.1 Å². The molecule has 0 aromatic heterocycles. The molecule has 0 aliphatic heterocycles. The Morgan fingerprint density at radius 3 is 1.01 bits per heavy atom. The highest BCUT2D eigenvalue weighted by Crippen LogP contribution is 2.57. The van der Waals surface area contributed by atoms with E-state index < -0.39 is 66.3 Å². The van der Waals surface area contributed by atoms with Crippen LogP contribution in [0.4, 0.5) is 0 Å². The van der Waals surface area contributed by atoms with E-state index in [4.69, 9.17) is 55.4 Å². The minimum absolute atomic E-state index is 0.0243. The summed E-state index contributed by atoms with van der Waals surface area (Å²) in [5.41, 5.74) is -1.95. The largest absolute Gasteiger partial charge is 0.467 e. The van der Waals surface area contributed by atoms with Gasteiger partial charge in [-0.05, 0) is 131 Å². The Bertz CT molecular complexity index is 1920. The summed E-state index contributed by atoms with van der Waals surface area (Å²) in [5.74, 6) is 1.15. The number of methoxy groups -OCH3 is 2. The number of para-hydroxylation sites is 2. The fourth-order valence-electron chi connectivity index (χ4n) is 7.35. The summed E-state index contributed by atoms with van der Waals surface area (Å²) < 4.78 is 108. The lowest BCUT2D eigenvalue weighted by molar-refractivity contribution is -0.0125. The number of hydrogen-bond donors (Lipinski definition) is 0. The van der Waals surface area contributed by atoms with Crippen LogP contribution < -0.4 is 9.47 Å². The molecule has 0 aliphatic carbocycles. The van der Waals surface area contributed by atoms with Gasteiger partial charge in [0.25, 0.3) is 0 Å². The third kappa shape index (κ3) is 26.4. The van der Waals surface area contributed by atoms with Crippen molar-refractivity contribution in [2.24, 2.45) is 0 Å². The van der Waals surface area contributed by atoms with Gasteiger partial charge >= 0.3 is 15.2 Å². The fraction of sp³-hybridized carbons (Fsp3) is 0.786. The van der Waals surface area contributed by atoms with Gasteiger partial charge in [-0.25, -0.2) is 0 Å². The van der Waals surface area contributed by atoms with Gasteiger partial charge in [0.15, 0.2) is 30.2 Å². The summed E-state index contributed by atoms with van der Waals surface area (Å²) in [5, 5.41) is -0.395. The zero-order chi connectivity index (χ0) is 58.2. The van der Waals surface area contributed by atoms with Crippen LogP contribution in [-0.4, -0.2) is 141 Å². The summed E-state index contributed by atoms with van der Waals surface area (Å²) in [7, 11) is -10.1. The molecular weight excluding hydrogens is 1040 g/mol. The fourth-order valence-corrected chi connectivity index (χ4v) is 14.5. The van der Waals surface area contributed by atoms with Gasteiger partial charge < -0.3 is 55.4 Å². The standard InChI is InChI=1S/C56H106N2O14P2Si2/c1-51(2,3)69-73(59,70-52(4,5)6)41-57(37-45-29-25-27-31-49(45)65-43-63-35-33-61-19)47(39-67-75(21,22)55(13,14)15)48(40-68-76(23,24)56(16,17)18)58(42-74(60,71-53(7,8)9)72-54(10,11)12)38-46-30-26-28-32-50(46)66-44-64-36-34-62-20/h25-32,47-48H,33-44H2,1-24H3/t47-,48-/m0/s1. The van der Waals surface area contributed by atoms with Gasteiger partial charge in [-0.1, -0.05) is 77.9 Å². The van der Waals surface area contributed by atoms with Crippen molar-refractivity contribution in [2.45, 2.75) is 208 Å². The Morgan fingerprint density at radius 2 is 0.750 bits per heavy atom. The molecular formula is C56H106N2O14P2Si2. The molecule has 0 spiro atoms. The molecule has 0 amide bonds. The monoisotopic (exact) mass is 1150 g/mol. The van der Waals surface area contributed by atoms with Crippen molar-refractivity contribution in [1.29, 1.82) is 0 Å². The normalized spacial score (nSPS) is 14.9. The maximum Gasteiger partial charge on any atom is 0.345 e. The molecule has 0 heterocycles. The Labute approximate surface area is 463 Å². The Morgan fingerprint density at radius 1 is 0.461 bits per heavy atom. The lowest BCUT2D eigenvalue weighted by atomic mass is 10.0. The highest BCUT2D eigenvalue weighted by molar-refractivity contribution is 7.54. The van der Waals surface area contributed by atoms with Gasteiger partial charge in [0, 0.05) is 38.4 Å². The molecule has 0 fully saturated rings. The highest BCUT2D eigenvalue weighted by atomic mass is 31.2. The van der Waals surface area contributed by atoms with Crippen LogP contribution in [0.5, 0.6) is 11.5 Å². The predicted molar refractivity (Wildman–Crippen MR) is 313 cm³/mol. The Kier molecular flexibility index (Phi) is 27.3. The minimum Gasteiger partial charge on any atom is -0.467 e. The van der Waals surface area contributed by atoms with E-state index >= 15 is 9.13 Å². The second kappa shape index (κ2) is 29.4. The van der Waals surface area contributed by atoms with Crippen LogP contribution in [0.3, 0.4) is 0 Å². The molecule has 0 aliphatic rings. The predicted octanol–water partition coefficient (Wildman–Crippen LogP) is 14.3. The maximum atomic E-state index is 16.0. The molecule has 2 aromatic rings. The second-order valence-electron chi connectivity index (χ2n) is 26.6. The molecule has 2 aromatic carbocycles. The molecule has 0 unspecified atom stereocenters. The first-order chi connectivity index (χ1) is 34.5. The summed E-state index contributed by atoms with van der Waals surface area (Å²) >= 11 is 0. The lowest BCUT2D eigenvalue weighted by Gasteiger charge is -2.48. The lowest BCUT2D eigenvalue weighted by Crippen LogP contribution is -2.59. The first-order valence-corrected chi connectivity index (χ1v) is 36.1. The second-order valence-corrected chi connectivity index (χ2v) is 40.0. The van der Waals surface area contributed by atoms with E-state index in [1.165, 1.54) is 0 Å². The number of rotatable bonds is 33. The molecule has 20 heteroatoms. The number of ether oxygens (including phenoxy) is 6. The number of hydrogen-bond acceptors (Lipinski definition) is 16. The van der Waals surface area contributed by atoms with Crippen LogP contribution in [0.2, 0.25) is 36.3 Å². The molecule has 0 bridgehead atoms. The van der Waals surface area contributed by atoms with E-state index in [-0.39, 0.29) is 62.5 Å². The van der Waals surface area contributed by atoms with Crippen molar-refractivity contribution in [2.75, 3.05) is 80.0 Å². The Balaban J connectivity index is 3.37. The van der Waals surface area contributed by atoms with Gasteiger partial charge in [0.2, 0.25) is 0 Å². The first-order valence-electron chi connectivity index (χ1n) is 26.9. The third-order valence-electron chi connectivity index (χ3n) is 12.7. The zero-order valence-electron chi connectivity index (χ0n) is 51.8. The van der Waals surface area contributed by atoms with Crippen molar-refractivity contribution in [1.82, 2.24) is 9.80 Å². The maximum absolute atomic E-state index is 16.0. The molecule has 442 valence electrons. The van der Waals surface area contributed by atoms with E-state index in [1.807, 2.05) is 132 Å². The number of nitrogens with zero attached hydrogens (tertiary/aromatic N) is 2. The van der Waals surface area contributed by atoms with Gasteiger partial charge in [-0.2, -0.15) is 0 Å². The van der Waals surface area contributed by atoms with E-state index in [2.05, 4.69) is 77.5 Å². The topological polar surface area (TPSA) is 151 Å². The molecule has 16 nitrogen and oxygen atoms in total. The summed E-state index contributed by atoms with van der Waals surface area (Å²) in [6, 6.07) is 14.1. The summed E-state index contributed by atoms with van der Waals surface area (Å²) in [6.07, 6.45) is -0.355. The summed E-state index contributed by atoms with van der Waals surface area (Å²) in [6.45, 7) is 46.8. The third-order valence-corrected chi connectivity index (χ3v) is 26.5. The van der Waals surface area contributed by atoms with E-state index in [9.17, 15) is 0 Å². The SMILES string of the molecule is COCCOCOc1ccccc1CN(CP(=O)(OC(C)(C)C)OC(C)(C)C)[C@@H](CO[Si](C)(C)C(C)(C)C)[C@H](CO[Si](C)(C)C(C)(C)C)N(Cc1ccccc1OCOCCOC)CP(=O)(OC(C)(C)C)OC(C)(C)C. The molecule has 0 radical (unpaired) electrons. The van der Waals surface area contributed by atoms with Crippen LogP contribution in [0, 0.1) is 0 Å². The number of benzene rings is 2. The smallest absolute Gasteiger partial charge is 0.345 e. The van der Waals surface area contributed by atoms with E-state index in [0.717, 1.165) is 11.1 Å². The van der Waals surface area contributed by atoms with Crippen molar-refractivity contribution in [3.63, 3.8) is 0 Å². The minimum atomic E-state index is -4.09. The quantitative estimate of drug-likeness (QED) is 0.0288. The average molecular weight is 1150 g/mol. The highest BCUT2D eigenvalue weighted by Gasteiger charge is 2.48. The molecule has 76 heavy (non-hydrogen) atoms. The van der Waals surface area contributed by atoms with Crippen LogP contribution in [0.1, 0.15) is 136 Å². The van der Waals surface area contributed by atoms with Gasteiger partial charge in [0.1, 0.15) is 24.1 Å². The Hall–Kier alpha value is -1.55. The molecule has 2 rings (SSSR count). The molecule has 2 atom stereocenters. The van der Waals surface area contributed by atoms with E-state index in [0.29, 0.717) is 37.9 Å². The summed E-state index contributed by atoms with van der Waals surface area (Å²) in [4.78, 5) is 4.27. The van der Waals surface area contributed by atoms with Crippen molar-refractivity contribution < 1.29 is 64.5 Å². The van der Waals surface area contributed by atoms with Crippen LogP contribution in [0.25, 0.3) is 0 Å².